The predicted molar refractivity (Wildman–Crippen MR) is 98.3 cm³/mol. The van der Waals surface area contributed by atoms with E-state index in [1.165, 1.54) is 0 Å². The number of nitrogens with two attached hydrogens (primary N) is 1. The van der Waals surface area contributed by atoms with Crippen LogP contribution in [0.4, 0.5) is 0 Å². The monoisotopic (exact) mass is 356 g/mol. The van der Waals surface area contributed by atoms with Gasteiger partial charge in [-0.3, -0.25) is 4.79 Å². The van der Waals surface area contributed by atoms with Gasteiger partial charge in [0.25, 0.3) is 5.91 Å². The van der Waals surface area contributed by atoms with Crippen molar-refractivity contribution in [3.8, 4) is 11.5 Å². The van der Waals surface area contributed by atoms with Crippen molar-refractivity contribution in [2.24, 2.45) is 11.7 Å². The molecule has 0 bridgehead atoms. The fourth-order valence-electron chi connectivity index (χ4n) is 2.84. The van der Waals surface area contributed by atoms with Crippen molar-refractivity contribution in [1.82, 2.24) is 4.90 Å². The van der Waals surface area contributed by atoms with E-state index in [1.807, 2.05) is 17.0 Å². The first-order valence-corrected chi connectivity index (χ1v) is 8.38. The summed E-state index contributed by atoms with van der Waals surface area (Å²) < 4.78 is 11.2. The Morgan fingerprint density at radius 2 is 2.12 bits per heavy atom. The fraction of sp³-hybridized carbons (Fsp3) is 0.611. The number of halogens is 1. The van der Waals surface area contributed by atoms with Crippen molar-refractivity contribution in [2.75, 3.05) is 26.8 Å². The number of carbonyl (C=O) groups is 1. The number of methoxy groups -OCH3 is 1. The molecule has 1 atom stereocenters. The van der Waals surface area contributed by atoms with E-state index in [0.29, 0.717) is 36.1 Å². The van der Waals surface area contributed by atoms with E-state index in [4.69, 9.17) is 15.2 Å². The summed E-state index contributed by atoms with van der Waals surface area (Å²) in [6.07, 6.45) is 2.98. The zero-order valence-electron chi connectivity index (χ0n) is 14.8. The number of nitrogens with zero attached hydrogens (tertiary/aromatic N) is 1. The standard InChI is InChI=1S/C18H28N2O3.ClH/c1-13(2)8-10-23-16-7-6-14(11-17(16)22-3)18(21)20-9-4-5-15(20)12-19;/h6-7,11,13,15H,4-5,8-10,12,19H2,1-3H3;1H. The van der Waals surface area contributed by atoms with Gasteiger partial charge in [0.1, 0.15) is 0 Å². The molecule has 1 heterocycles. The third-order valence-electron chi connectivity index (χ3n) is 4.27. The molecule has 2 rings (SSSR count). The molecule has 6 heteroatoms. The number of hydrogen-bond acceptors (Lipinski definition) is 4. The van der Waals surface area contributed by atoms with Crippen LogP contribution in [0.3, 0.4) is 0 Å². The van der Waals surface area contributed by atoms with Crippen molar-refractivity contribution in [2.45, 2.75) is 39.2 Å². The average Bonchev–Trinajstić information content (AvgIpc) is 3.02. The van der Waals surface area contributed by atoms with E-state index >= 15 is 0 Å². The highest BCUT2D eigenvalue weighted by Crippen LogP contribution is 2.30. The molecule has 5 nitrogen and oxygen atoms in total. The average molecular weight is 357 g/mol. The van der Waals surface area contributed by atoms with E-state index in [-0.39, 0.29) is 24.4 Å². The minimum Gasteiger partial charge on any atom is -0.493 e. The Bertz CT molecular complexity index is 537. The van der Waals surface area contributed by atoms with Crippen molar-refractivity contribution in [1.29, 1.82) is 0 Å². The van der Waals surface area contributed by atoms with Gasteiger partial charge in [-0.15, -0.1) is 12.4 Å². The Labute approximate surface area is 150 Å². The van der Waals surface area contributed by atoms with Gasteiger partial charge in [-0.05, 0) is 43.4 Å². The zero-order valence-corrected chi connectivity index (χ0v) is 15.6. The number of carbonyl (C=O) groups excluding carboxylic acids is 1. The molecule has 0 radical (unpaired) electrons. The molecular formula is C18H29ClN2O3. The fourth-order valence-corrected chi connectivity index (χ4v) is 2.84. The van der Waals surface area contributed by atoms with Crippen LogP contribution >= 0.6 is 12.4 Å². The van der Waals surface area contributed by atoms with Gasteiger partial charge in [0.2, 0.25) is 0 Å². The summed E-state index contributed by atoms with van der Waals surface area (Å²) in [6.45, 7) is 6.25. The maximum atomic E-state index is 12.7. The van der Waals surface area contributed by atoms with Crippen LogP contribution in [0.1, 0.15) is 43.5 Å². The maximum absolute atomic E-state index is 12.7. The molecule has 1 aromatic carbocycles. The Hall–Kier alpha value is -1.46. The van der Waals surface area contributed by atoms with E-state index in [2.05, 4.69) is 13.8 Å². The van der Waals surface area contributed by atoms with Crippen molar-refractivity contribution in [3.05, 3.63) is 23.8 Å². The molecule has 0 aliphatic carbocycles. The molecule has 1 saturated heterocycles. The summed E-state index contributed by atoms with van der Waals surface area (Å²) in [5, 5.41) is 0. The number of amides is 1. The quantitative estimate of drug-likeness (QED) is 0.815. The van der Waals surface area contributed by atoms with Crippen molar-refractivity contribution < 1.29 is 14.3 Å². The van der Waals surface area contributed by atoms with Crippen LogP contribution in [-0.2, 0) is 0 Å². The number of benzene rings is 1. The van der Waals surface area contributed by atoms with E-state index in [0.717, 1.165) is 25.8 Å². The Balaban J connectivity index is 0.00000288. The van der Waals surface area contributed by atoms with Gasteiger partial charge in [0, 0.05) is 24.7 Å². The lowest BCUT2D eigenvalue weighted by atomic mass is 10.1. The molecule has 0 aromatic heterocycles. The second kappa shape index (κ2) is 9.74. The van der Waals surface area contributed by atoms with Crippen molar-refractivity contribution >= 4 is 18.3 Å². The molecule has 0 spiro atoms. The van der Waals surface area contributed by atoms with E-state index < -0.39 is 0 Å². The summed E-state index contributed by atoms with van der Waals surface area (Å²) in [7, 11) is 1.59. The van der Waals surface area contributed by atoms with Gasteiger partial charge in [-0.25, -0.2) is 0 Å². The highest BCUT2D eigenvalue weighted by molar-refractivity contribution is 5.95. The van der Waals surface area contributed by atoms with E-state index in [9.17, 15) is 4.79 Å². The van der Waals surface area contributed by atoms with Crippen LogP contribution in [0.15, 0.2) is 18.2 Å². The van der Waals surface area contributed by atoms with Crippen LogP contribution in [0.2, 0.25) is 0 Å². The summed E-state index contributed by atoms with van der Waals surface area (Å²) in [5.41, 5.74) is 6.38. The Kier molecular flexibility index (Phi) is 8.36. The highest BCUT2D eigenvalue weighted by atomic mass is 35.5. The molecule has 136 valence electrons. The lowest BCUT2D eigenvalue weighted by Gasteiger charge is -2.24. The Morgan fingerprint density at radius 3 is 2.75 bits per heavy atom. The highest BCUT2D eigenvalue weighted by Gasteiger charge is 2.28. The van der Waals surface area contributed by atoms with Gasteiger partial charge in [0.15, 0.2) is 11.5 Å². The van der Waals surface area contributed by atoms with Gasteiger partial charge in [-0.2, -0.15) is 0 Å². The predicted octanol–water partition coefficient (Wildman–Crippen LogP) is 3.11. The Morgan fingerprint density at radius 1 is 1.38 bits per heavy atom. The molecule has 1 fully saturated rings. The topological polar surface area (TPSA) is 64.8 Å². The molecule has 2 N–H and O–H groups in total. The zero-order chi connectivity index (χ0) is 16.8. The number of likely N-dealkylation sites (tertiary alicyclic amines) is 1. The van der Waals surface area contributed by atoms with Gasteiger partial charge >= 0.3 is 0 Å². The van der Waals surface area contributed by atoms with Crippen molar-refractivity contribution in [3.63, 3.8) is 0 Å². The second-order valence-corrected chi connectivity index (χ2v) is 6.43. The molecule has 24 heavy (non-hydrogen) atoms. The lowest BCUT2D eigenvalue weighted by Crippen LogP contribution is -2.39. The molecular weight excluding hydrogens is 328 g/mol. The third-order valence-corrected chi connectivity index (χ3v) is 4.27. The molecule has 1 amide bonds. The SMILES string of the molecule is COc1cc(C(=O)N2CCCC2CN)ccc1OCCC(C)C.Cl. The van der Waals surface area contributed by atoms with E-state index in [1.54, 1.807) is 13.2 Å². The third kappa shape index (κ3) is 5.02. The minimum absolute atomic E-state index is 0. The largest absolute Gasteiger partial charge is 0.493 e. The molecule has 1 aliphatic heterocycles. The number of hydrogen-bond donors (Lipinski definition) is 1. The molecule has 1 aromatic rings. The molecule has 0 saturated carbocycles. The summed E-state index contributed by atoms with van der Waals surface area (Å²) >= 11 is 0. The van der Waals surface area contributed by atoms with Gasteiger partial charge in [0.05, 0.1) is 13.7 Å². The molecule has 1 aliphatic rings. The second-order valence-electron chi connectivity index (χ2n) is 6.43. The first-order valence-electron chi connectivity index (χ1n) is 8.38. The smallest absolute Gasteiger partial charge is 0.254 e. The van der Waals surface area contributed by atoms with Gasteiger partial charge < -0.3 is 20.1 Å². The lowest BCUT2D eigenvalue weighted by molar-refractivity contribution is 0.0740. The van der Waals surface area contributed by atoms with Gasteiger partial charge in [-0.1, -0.05) is 13.8 Å². The van der Waals surface area contributed by atoms with Crippen LogP contribution in [0.5, 0.6) is 11.5 Å². The number of rotatable bonds is 7. The van der Waals surface area contributed by atoms with Crippen LogP contribution in [0, 0.1) is 5.92 Å². The van der Waals surface area contributed by atoms with Crippen LogP contribution in [-0.4, -0.2) is 43.7 Å². The van der Waals surface area contributed by atoms with Crippen LogP contribution in [0.25, 0.3) is 0 Å². The first kappa shape index (κ1) is 20.6. The minimum atomic E-state index is 0. The summed E-state index contributed by atoms with van der Waals surface area (Å²) in [6, 6.07) is 5.54. The maximum Gasteiger partial charge on any atom is 0.254 e. The first-order chi connectivity index (χ1) is 11.1. The van der Waals surface area contributed by atoms with Crippen LogP contribution < -0.4 is 15.2 Å². The summed E-state index contributed by atoms with van der Waals surface area (Å²) in [4.78, 5) is 14.5. The molecule has 1 unspecified atom stereocenters. The number of ether oxygens (including phenoxy) is 2. The normalized spacial score (nSPS) is 16.9. The summed E-state index contributed by atoms with van der Waals surface area (Å²) in [5.74, 6) is 1.89.